The van der Waals surface area contributed by atoms with Crippen LogP contribution in [-0.2, 0) is 9.59 Å². The lowest BCUT2D eigenvalue weighted by Gasteiger charge is -2.17. The van der Waals surface area contributed by atoms with Gasteiger partial charge in [-0.3, -0.25) is 9.59 Å². The Hall–Kier alpha value is -2.89. The fourth-order valence-electron chi connectivity index (χ4n) is 2.81. The van der Waals surface area contributed by atoms with Gasteiger partial charge in [0.25, 0.3) is 5.91 Å². The van der Waals surface area contributed by atoms with Crippen LogP contribution >= 0.6 is 0 Å². The second-order valence-electron chi connectivity index (χ2n) is 6.27. The molecule has 1 saturated heterocycles. The number of benzene rings is 2. The average molecular weight is 356 g/mol. The Balaban J connectivity index is 1.73. The number of nitrogens with one attached hydrogen (secondary N) is 1. The third-order valence-corrected chi connectivity index (χ3v) is 4.23. The minimum absolute atomic E-state index is 0.0302. The van der Waals surface area contributed by atoms with Crippen LogP contribution < -0.4 is 15.0 Å². The molecule has 2 aromatic rings. The average Bonchev–Trinajstić information content (AvgIpc) is 2.90. The van der Waals surface area contributed by atoms with Gasteiger partial charge in [0.2, 0.25) is 5.91 Å². The lowest BCUT2D eigenvalue weighted by atomic mass is 10.2. The molecule has 2 amide bonds. The minimum Gasteiger partial charge on any atom is -0.494 e. The van der Waals surface area contributed by atoms with Crippen molar-refractivity contribution in [2.45, 2.75) is 32.7 Å². The summed E-state index contributed by atoms with van der Waals surface area (Å²) in [4.78, 5) is 26.1. The number of carbonyl (C=O) groups is 2. The molecule has 1 N–H and O–H groups in total. The van der Waals surface area contributed by atoms with Gasteiger partial charge in [0.1, 0.15) is 17.6 Å². The SMILES string of the molecule is CCCOc1ccc(N2C(=O)C[C@H](Nc3ccc(C)c(F)c3)C2=O)cc1. The van der Waals surface area contributed by atoms with Gasteiger partial charge in [0.05, 0.1) is 18.7 Å². The second-order valence-corrected chi connectivity index (χ2v) is 6.27. The van der Waals surface area contributed by atoms with Gasteiger partial charge >= 0.3 is 0 Å². The quantitative estimate of drug-likeness (QED) is 0.803. The van der Waals surface area contributed by atoms with Crippen LogP contribution in [0, 0.1) is 12.7 Å². The van der Waals surface area contributed by atoms with Crippen LogP contribution in [0.25, 0.3) is 0 Å². The number of hydrogen-bond acceptors (Lipinski definition) is 4. The molecule has 1 atom stereocenters. The monoisotopic (exact) mass is 356 g/mol. The van der Waals surface area contributed by atoms with Gasteiger partial charge in [0, 0.05) is 5.69 Å². The maximum absolute atomic E-state index is 13.7. The Bertz CT molecular complexity index is 820. The summed E-state index contributed by atoms with van der Waals surface area (Å²) in [5.41, 5.74) is 1.50. The topological polar surface area (TPSA) is 58.6 Å². The van der Waals surface area contributed by atoms with Crippen LogP contribution in [0.4, 0.5) is 15.8 Å². The number of anilines is 2. The first-order valence-electron chi connectivity index (χ1n) is 8.62. The predicted octanol–water partition coefficient (Wildman–Crippen LogP) is 3.67. The molecule has 3 rings (SSSR count). The highest BCUT2D eigenvalue weighted by Crippen LogP contribution is 2.27. The van der Waals surface area contributed by atoms with Crippen molar-refractivity contribution in [2.24, 2.45) is 0 Å². The molecule has 5 nitrogen and oxygen atoms in total. The zero-order chi connectivity index (χ0) is 18.7. The fraction of sp³-hybridized carbons (Fsp3) is 0.300. The molecule has 0 unspecified atom stereocenters. The maximum Gasteiger partial charge on any atom is 0.256 e. The van der Waals surface area contributed by atoms with Crippen LogP contribution in [0.3, 0.4) is 0 Å². The van der Waals surface area contributed by atoms with Gasteiger partial charge in [-0.2, -0.15) is 0 Å². The van der Waals surface area contributed by atoms with E-state index < -0.39 is 6.04 Å². The molecule has 0 bridgehead atoms. The highest BCUT2D eigenvalue weighted by atomic mass is 19.1. The summed E-state index contributed by atoms with van der Waals surface area (Å²) in [5, 5.41) is 2.95. The first-order valence-corrected chi connectivity index (χ1v) is 8.62. The lowest BCUT2D eigenvalue weighted by molar-refractivity contribution is -0.121. The molecule has 1 fully saturated rings. The molecule has 0 radical (unpaired) electrons. The first kappa shape index (κ1) is 17.9. The van der Waals surface area contributed by atoms with Gasteiger partial charge in [-0.25, -0.2) is 9.29 Å². The number of imide groups is 1. The third kappa shape index (κ3) is 3.69. The van der Waals surface area contributed by atoms with Gasteiger partial charge < -0.3 is 10.1 Å². The van der Waals surface area contributed by atoms with E-state index in [-0.39, 0.29) is 24.1 Å². The largest absolute Gasteiger partial charge is 0.494 e. The second kappa shape index (κ2) is 7.56. The lowest BCUT2D eigenvalue weighted by Crippen LogP contribution is -2.34. The van der Waals surface area contributed by atoms with E-state index in [2.05, 4.69) is 5.32 Å². The summed E-state index contributed by atoms with van der Waals surface area (Å²) in [6.07, 6.45) is 0.931. The van der Waals surface area contributed by atoms with Crippen molar-refractivity contribution < 1.29 is 18.7 Å². The number of hydrogen-bond donors (Lipinski definition) is 1. The number of halogens is 1. The van der Waals surface area contributed by atoms with Crippen LogP contribution in [0.1, 0.15) is 25.3 Å². The van der Waals surface area contributed by atoms with Crippen LogP contribution in [0.2, 0.25) is 0 Å². The minimum atomic E-state index is -0.708. The highest BCUT2D eigenvalue weighted by Gasteiger charge is 2.39. The molecule has 0 aromatic heterocycles. The summed E-state index contributed by atoms with van der Waals surface area (Å²) in [7, 11) is 0. The van der Waals surface area contributed by atoms with Gasteiger partial charge in [-0.15, -0.1) is 0 Å². The summed E-state index contributed by atoms with van der Waals surface area (Å²) in [6.45, 7) is 4.29. The summed E-state index contributed by atoms with van der Waals surface area (Å²) in [6, 6.07) is 10.8. The standard InChI is InChI=1S/C20H21FN2O3/c1-3-10-26-16-8-6-15(7-9-16)23-19(24)12-18(20(23)25)22-14-5-4-13(2)17(21)11-14/h4-9,11,18,22H,3,10,12H2,1-2H3/t18-/m0/s1. The maximum atomic E-state index is 13.7. The fourth-order valence-corrected chi connectivity index (χ4v) is 2.81. The zero-order valence-corrected chi connectivity index (χ0v) is 14.8. The molecule has 1 aliphatic heterocycles. The molecular weight excluding hydrogens is 335 g/mol. The van der Waals surface area contributed by atoms with Crippen LogP contribution in [-0.4, -0.2) is 24.5 Å². The number of amides is 2. The molecule has 1 aliphatic rings. The highest BCUT2D eigenvalue weighted by molar-refractivity contribution is 6.23. The Kier molecular flexibility index (Phi) is 5.21. The van der Waals surface area contributed by atoms with E-state index in [4.69, 9.17) is 4.74 Å². The van der Waals surface area contributed by atoms with Crippen molar-refractivity contribution in [3.8, 4) is 5.75 Å². The van der Waals surface area contributed by atoms with Crippen LogP contribution in [0.15, 0.2) is 42.5 Å². The molecule has 2 aromatic carbocycles. The number of ether oxygens (including phenoxy) is 1. The molecule has 0 saturated carbocycles. The van der Waals surface area contributed by atoms with Gasteiger partial charge in [-0.05, 0) is 55.3 Å². The number of aryl methyl sites for hydroxylation is 1. The van der Waals surface area contributed by atoms with Crippen LogP contribution in [0.5, 0.6) is 5.75 Å². The molecule has 1 heterocycles. The Morgan fingerprint density at radius 3 is 2.58 bits per heavy atom. The zero-order valence-electron chi connectivity index (χ0n) is 14.8. The smallest absolute Gasteiger partial charge is 0.256 e. The first-order chi connectivity index (χ1) is 12.5. The predicted molar refractivity (Wildman–Crippen MR) is 97.9 cm³/mol. The summed E-state index contributed by atoms with van der Waals surface area (Å²) in [5.74, 6) is -0.300. The van der Waals surface area contributed by atoms with Crippen molar-refractivity contribution in [2.75, 3.05) is 16.8 Å². The van der Waals surface area contributed by atoms with Crippen molar-refractivity contribution in [3.05, 3.63) is 53.8 Å². The summed E-state index contributed by atoms with van der Waals surface area (Å²) < 4.78 is 19.2. The van der Waals surface area contributed by atoms with Crippen molar-refractivity contribution in [3.63, 3.8) is 0 Å². The van der Waals surface area contributed by atoms with E-state index in [0.29, 0.717) is 29.3 Å². The van der Waals surface area contributed by atoms with Gasteiger partial charge in [-0.1, -0.05) is 13.0 Å². The summed E-state index contributed by atoms with van der Waals surface area (Å²) >= 11 is 0. The molecule has 26 heavy (non-hydrogen) atoms. The molecular formula is C20H21FN2O3. The number of carbonyl (C=O) groups excluding carboxylic acids is 2. The van der Waals surface area contributed by atoms with Crippen molar-refractivity contribution in [1.82, 2.24) is 0 Å². The van der Waals surface area contributed by atoms with Crippen molar-refractivity contribution in [1.29, 1.82) is 0 Å². The normalized spacial score (nSPS) is 16.9. The van der Waals surface area contributed by atoms with E-state index in [1.165, 1.54) is 6.07 Å². The Morgan fingerprint density at radius 1 is 1.19 bits per heavy atom. The van der Waals surface area contributed by atoms with E-state index >= 15 is 0 Å². The van der Waals surface area contributed by atoms with E-state index in [1.54, 1.807) is 43.3 Å². The molecule has 0 aliphatic carbocycles. The molecule has 0 spiro atoms. The van der Waals surface area contributed by atoms with E-state index in [1.807, 2.05) is 6.92 Å². The van der Waals surface area contributed by atoms with Crippen molar-refractivity contribution >= 4 is 23.2 Å². The van der Waals surface area contributed by atoms with E-state index in [9.17, 15) is 14.0 Å². The van der Waals surface area contributed by atoms with Gasteiger partial charge in [0.15, 0.2) is 0 Å². The Morgan fingerprint density at radius 2 is 1.92 bits per heavy atom. The van der Waals surface area contributed by atoms with E-state index in [0.717, 1.165) is 11.3 Å². The number of rotatable bonds is 6. The molecule has 6 heteroatoms. The number of nitrogens with zero attached hydrogens (tertiary/aromatic N) is 1. The third-order valence-electron chi connectivity index (χ3n) is 4.23. The Labute approximate surface area is 151 Å². The molecule has 136 valence electrons.